The van der Waals surface area contributed by atoms with Crippen molar-refractivity contribution >= 4 is 27.3 Å². The lowest BCUT2D eigenvalue weighted by atomic mass is 10.4. The number of carbonyl (C=O) groups is 1. The third-order valence-corrected chi connectivity index (χ3v) is 5.55. The van der Waals surface area contributed by atoms with Crippen molar-refractivity contribution in [2.45, 2.75) is 10.6 Å². The van der Waals surface area contributed by atoms with Crippen LogP contribution < -0.4 is 5.32 Å². The van der Waals surface area contributed by atoms with Gasteiger partial charge in [-0.15, -0.1) is 11.3 Å². The minimum Gasteiger partial charge on any atom is -0.385 e. The molecule has 0 atom stereocenters. The minimum atomic E-state index is -3.56. The van der Waals surface area contributed by atoms with Crippen LogP contribution in [0.25, 0.3) is 0 Å². The molecular formula is C11H18N2O4S2. The Hall–Kier alpha value is -0.960. The molecule has 0 aromatic carbocycles. The highest BCUT2D eigenvalue weighted by molar-refractivity contribution is 7.91. The Balaban J connectivity index is 2.46. The van der Waals surface area contributed by atoms with Crippen LogP contribution in [0.5, 0.6) is 0 Å². The van der Waals surface area contributed by atoms with E-state index in [0.29, 0.717) is 19.6 Å². The predicted octanol–water partition coefficient (Wildman–Crippen LogP) is 0.521. The standard InChI is InChI=1S/C11H18N2O4S2/c1-13(9-10(14)12-6-4-7-17-2)19(15,16)11-5-3-8-18-11/h3,5,8H,4,6-7,9H2,1-2H3,(H,12,14). The molecule has 0 saturated heterocycles. The average molecular weight is 306 g/mol. The van der Waals surface area contributed by atoms with Gasteiger partial charge in [0.15, 0.2) is 0 Å². The first kappa shape index (κ1) is 16.1. The summed E-state index contributed by atoms with van der Waals surface area (Å²) in [4.78, 5) is 11.6. The van der Waals surface area contributed by atoms with E-state index in [1.807, 2.05) is 0 Å². The van der Waals surface area contributed by atoms with Crippen molar-refractivity contribution in [3.05, 3.63) is 17.5 Å². The van der Waals surface area contributed by atoms with Gasteiger partial charge in [0.2, 0.25) is 5.91 Å². The molecule has 0 aliphatic heterocycles. The third kappa shape index (κ3) is 4.90. The topological polar surface area (TPSA) is 75.7 Å². The van der Waals surface area contributed by atoms with E-state index in [4.69, 9.17) is 4.74 Å². The molecule has 0 unspecified atom stereocenters. The molecule has 6 nitrogen and oxygen atoms in total. The van der Waals surface area contributed by atoms with E-state index in [1.54, 1.807) is 18.6 Å². The van der Waals surface area contributed by atoms with E-state index in [1.165, 1.54) is 13.1 Å². The van der Waals surface area contributed by atoms with E-state index >= 15 is 0 Å². The number of hydrogen-bond donors (Lipinski definition) is 1. The molecule has 1 heterocycles. The van der Waals surface area contributed by atoms with Crippen molar-refractivity contribution < 1.29 is 17.9 Å². The molecule has 1 aromatic rings. The highest BCUT2D eigenvalue weighted by atomic mass is 32.2. The monoisotopic (exact) mass is 306 g/mol. The number of amides is 1. The Morgan fingerprint density at radius 1 is 1.53 bits per heavy atom. The van der Waals surface area contributed by atoms with Gasteiger partial charge < -0.3 is 10.1 Å². The second-order valence-electron chi connectivity index (χ2n) is 3.89. The summed E-state index contributed by atoms with van der Waals surface area (Å²) in [6.45, 7) is 0.844. The number of ether oxygens (including phenoxy) is 1. The fourth-order valence-electron chi connectivity index (χ4n) is 1.35. The SMILES string of the molecule is COCCCNC(=O)CN(C)S(=O)(=O)c1cccs1. The molecule has 108 valence electrons. The fourth-order valence-corrected chi connectivity index (χ4v) is 3.68. The molecule has 0 aliphatic carbocycles. The molecular weight excluding hydrogens is 288 g/mol. The van der Waals surface area contributed by atoms with E-state index in [2.05, 4.69) is 5.32 Å². The number of rotatable bonds is 8. The molecule has 1 N–H and O–H groups in total. The van der Waals surface area contributed by atoms with Gasteiger partial charge in [-0.05, 0) is 17.9 Å². The second kappa shape index (κ2) is 7.59. The average Bonchev–Trinajstić information content (AvgIpc) is 2.89. The summed E-state index contributed by atoms with van der Waals surface area (Å²) in [7, 11) is -0.580. The maximum absolute atomic E-state index is 12.0. The van der Waals surface area contributed by atoms with E-state index in [-0.39, 0.29) is 16.7 Å². The van der Waals surface area contributed by atoms with E-state index in [9.17, 15) is 13.2 Å². The molecule has 0 radical (unpaired) electrons. The number of sulfonamides is 1. The smallest absolute Gasteiger partial charge is 0.252 e. The number of likely N-dealkylation sites (N-methyl/N-ethyl adjacent to an activating group) is 1. The lowest BCUT2D eigenvalue weighted by Gasteiger charge is -2.15. The molecule has 0 spiro atoms. The van der Waals surface area contributed by atoms with Crippen LogP contribution in [0.1, 0.15) is 6.42 Å². The maximum atomic E-state index is 12.0. The van der Waals surface area contributed by atoms with Crippen molar-refractivity contribution in [2.75, 3.05) is 33.9 Å². The Labute approximate surface area is 117 Å². The number of hydrogen-bond acceptors (Lipinski definition) is 5. The summed E-state index contributed by atoms with van der Waals surface area (Å²) in [6.07, 6.45) is 0.698. The summed E-state index contributed by atoms with van der Waals surface area (Å²) in [5.74, 6) is -0.321. The zero-order valence-electron chi connectivity index (χ0n) is 11.0. The van der Waals surface area contributed by atoms with Crippen LogP contribution in [0.2, 0.25) is 0 Å². The normalized spacial score (nSPS) is 11.7. The van der Waals surface area contributed by atoms with Gasteiger partial charge in [0.25, 0.3) is 10.0 Å². The number of nitrogens with zero attached hydrogens (tertiary/aromatic N) is 1. The molecule has 0 bridgehead atoms. The van der Waals surface area contributed by atoms with E-state index in [0.717, 1.165) is 15.6 Å². The lowest BCUT2D eigenvalue weighted by Crippen LogP contribution is -2.38. The summed E-state index contributed by atoms with van der Waals surface area (Å²) in [6, 6.07) is 3.18. The molecule has 19 heavy (non-hydrogen) atoms. The van der Waals surface area contributed by atoms with Gasteiger partial charge in [0.05, 0.1) is 6.54 Å². The minimum absolute atomic E-state index is 0.187. The Morgan fingerprint density at radius 3 is 2.84 bits per heavy atom. The van der Waals surface area contributed by atoms with Crippen molar-refractivity contribution in [3.63, 3.8) is 0 Å². The number of nitrogens with one attached hydrogen (secondary N) is 1. The van der Waals surface area contributed by atoms with Gasteiger partial charge in [0.1, 0.15) is 4.21 Å². The van der Waals surface area contributed by atoms with Crippen molar-refractivity contribution in [1.82, 2.24) is 9.62 Å². The first-order valence-corrected chi connectivity index (χ1v) is 8.06. The lowest BCUT2D eigenvalue weighted by molar-refractivity contribution is -0.121. The van der Waals surface area contributed by atoms with E-state index < -0.39 is 10.0 Å². The zero-order valence-corrected chi connectivity index (χ0v) is 12.6. The predicted molar refractivity (Wildman–Crippen MR) is 73.6 cm³/mol. The van der Waals surface area contributed by atoms with Crippen molar-refractivity contribution in [3.8, 4) is 0 Å². The molecule has 1 amide bonds. The molecule has 1 rings (SSSR count). The first-order chi connectivity index (χ1) is 8.98. The van der Waals surface area contributed by atoms with Crippen LogP contribution >= 0.6 is 11.3 Å². The van der Waals surface area contributed by atoms with Crippen LogP contribution in [0.3, 0.4) is 0 Å². The van der Waals surface area contributed by atoms with Crippen LogP contribution in [0.4, 0.5) is 0 Å². The van der Waals surface area contributed by atoms with Gasteiger partial charge >= 0.3 is 0 Å². The van der Waals surface area contributed by atoms with Crippen LogP contribution in [0.15, 0.2) is 21.7 Å². The highest BCUT2D eigenvalue weighted by Crippen LogP contribution is 2.19. The molecule has 1 aromatic heterocycles. The highest BCUT2D eigenvalue weighted by Gasteiger charge is 2.23. The number of thiophene rings is 1. The maximum Gasteiger partial charge on any atom is 0.252 e. The Kier molecular flexibility index (Phi) is 6.43. The Bertz CT molecular complexity index is 485. The summed E-state index contributed by atoms with van der Waals surface area (Å²) < 4.78 is 30.2. The quantitative estimate of drug-likeness (QED) is 0.711. The van der Waals surface area contributed by atoms with Crippen LogP contribution in [0, 0.1) is 0 Å². The summed E-state index contributed by atoms with van der Waals surface area (Å²) >= 11 is 1.13. The zero-order chi connectivity index (χ0) is 14.3. The Morgan fingerprint density at radius 2 is 2.26 bits per heavy atom. The largest absolute Gasteiger partial charge is 0.385 e. The van der Waals surface area contributed by atoms with Gasteiger partial charge in [-0.25, -0.2) is 8.42 Å². The van der Waals surface area contributed by atoms with Crippen molar-refractivity contribution in [2.24, 2.45) is 0 Å². The molecule has 0 aliphatic rings. The number of methoxy groups -OCH3 is 1. The first-order valence-electron chi connectivity index (χ1n) is 5.74. The van der Waals surface area contributed by atoms with Gasteiger partial charge in [-0.3, -0.25) is 4.79 Å². The molecule has 0 saturated carbocycles. The summed E-state index contributed by atoms with van der Waals surface area (Å²) in [5.41, 5.74) is 0. The van der Waals surface area contributed by atoms with Gasteiger partial charge in [-0.1, -0.05) is 6.07 Å². The fraction of sp³-hybridized carbons (Fsp3) is 0.545. The van der Waals surface area contributed by atoms with Crippen LogP contribution in [-0.2, 0) is 19.6 Å². The van der Waals surface area contributed by atoms with Gasteiger partial charge in [0, 0.05) is 27.3 Å². The molecule has 8 heteroatoms. The second-order valence-corrected chi connectivity index (χ2v) is 7.11. The number of carbonyl (C=O) groups excluding carboxylic acids is 1. The third-order valence-electron chi connectivity index (χ3n) is 2.37. The van der Waals surface area contributed by atoms with Gasteiger partial charge in [-0.2, -0.15) is 4.31 Å². The van der Waals surface area contributed by atoms with Crippen LogP contribution in [-0.4, -0.2) is 52.5 Å². The van der Waals surface area contributed by atoms with Crippen molar-refractivity contribution in [1.29, 1.82) is 0 Å². The molecule has 0 fully saturated rings. The summed E-state index contributed by atoms with van der Waals surface area (Å²) in [5, 5.41) is 4.33.